The monoisotopic (exact) mass is 1110 g/mol. The Balaban J connectivity index is 0.000000208. The van der Waals surface area contributed by atoms with Crippen LogP contribution in [0.2, 0.25) is 0 Å². The van der Waals surface area contributed by atoms with Crippen LogP contribution >= 0.6 is 0 Å². The van der Waals surface area contributed by atoms with Gasteiger partial charge in [-0.1, -0.05) is 177 Å². The van der Waals surface area contributed by atoms with Gasteiger partial charge in [0.15, 0.2) is 5.69 Å². The molecule has 4 atom stereocenters. The molecule has 11 heteroatoms. The van der Waals surface area contributed by atoms with Gasteiger partial charge in [-0.05, 0) is 127 Å². The van der Waals surface area contributed by atoms with Crippen LogP contribution in [0.5, 0.6) is 0 Å². The fourth-order valence-corrected chi connectivity index (χ4v) is 12.9. The van der Waals surface area contributed by atoms with Crippen molar-refractivity contribution in [3.05, 3.63) is 195 Å². The molecule has 0 saturated heterocycles. The second-order valence-electron chi connectivity index (χ2n) is 22.5. The van der Waals surface area contributed by atoms with Gasteiger partial charge in [0.05, 0.1) is 46.6 Å². The molecule has 0 spiro atoms. The van der Waals surface area contributed by atoms with Crippen molar-refractivity contribution in [1.29, 1.82) is 5.26 Å². The molecule has 4 unspecified atom stereocenters. The molecule has 0 N–H and O–H groups in total. The van der Waals surface area contributed by atoms with E-state index in [0.717, 1.165) is 75.8 Å². The van der Waals surface area contributed by atoms with Gasteiger partial charge in [0.25, 0.3) is 0 Å². The van der Waals surface area contributed by atoms with Crippen LogP contribution in [0, 0.1) is 67.3 Å². The number of ether oxygens (including phenoxy) is 2. The van der Waals surface area contributed by atoms with E-state index < -0.39 is 0 Å². The summed E-state index contributed by atoms with van der Waals surface area (Å²) in [5.74, 6) is 1.82. The van der Waals surface area contributed by atoms with E-state index in [1.54, 1.807) is 0 Å². The summed E-state index contributed by atoms with van der Waals surface area (Å²) >= 11 is 0. The molecule has 6 aromatic rings. The standard InChI is InChI=1S/C35H37N3O2.C34H35N3O2.Zn/c1-20-18-21(2)34(22(3)19-20)40-35(39)28-24(5)37-31(29(28)26-14-10-8-11-15-26)23(4)32-30(27-16-12-9-13-17-27)33(36-7)25(6)38-32;1-20-16-21(2)33(22(3)17-20)39-34(38)30-24(5)37-29(32(30)26-14-10-7-11-15-26)18-28-31(25-12-8-6-9-13-25)27(19-35)23(4)36-28;/h8-17,20-22,34H,18-19H2,1-6H3,(H,37,38,39);6-15,18,20-22,33H,16-17H2,1-5H3,(H,36,37,38);/q;;+2/p-2. The average molecular weight is 1110 g/mol. The number of allylic oxidation sites excluding steroid dienone is 3. The van der Waals surface area contributed by atoms with Crippen LogP contribution in [0.25, 0.3) is 49.9 Å². The third-order valence-corrected chi connectivity index (χ3v) is 16.2. The van der Waals surface area contributed by atoms with E-state index in [4.69, 9.17) is 36.0 Å². The zero-order chi connectivity index (χ0) is 56.2. The van der Waals surface area contributed by atoms with Gasteiger partial charge in [0.1, 0.15) is 12.2 Å². The van der Waals surface area contributed by atoms with E-state index in [1.807, 2.05) is 162 Å². The first-order valence-electron chi connectivity index (χ1n) is 27.8. The van der Waals surface area contributed by atoms with Crippen molar-refractivity contribution in [3.8, 4) is 28.3 Å². The fraction of sp³-hybridized carbons (Fsp3) is 0.333. The van der Waals surface area contributed by atoms with Crippen molar-refractivity contribution in [2.75, 3.05) is 0 Å². The first kappa shape index (κ1) is 58.4. The number of benzene rings is 4. The molecular weight excluding hydrogens is 1040 g/mol. The molecule has 4 heterocycles. The van der Waals surface area contributed by atoms with Crippen molar-refractivity contribution in [1.82, 2.24) is 9.97 Å². The third-order valence-electron chi connectivity index (χ3n) is 16.2. The SMILES string of the molecule is CC1=N/C(=C\c2[n-]c(C)c(C#N)c2-c2ccccc2)C(c2ccccc2)=C1C(=O)OC1C(C)CC(C)CC1C.[C-]#[N+]c1c(C)[n-]c(/C(C)=C2\N=C(C)C(C(=O)OC3C(C)CC(C)CC3C)=C2c2ccccc2)c1-c1ccccc1.[Zn+2]. The van der Waals surface area contributed by atoms with E-state index in [1.165, 1.54) is 0 Å². The Labute approximate surface area is 485 Å². The summed E-state index contributed by atoms with van der Waals surface area (Å²) in [5.41, 5.74) is 15.0. The number of rotatable bonds is 10. The van der Waals surface area contributed by atoms with Crippen molar-refractivity contribution in [2.24, 2.45) is 45.5 Å². The summed E-state index contributed by atoms with van der Waals surface area (Å²) in [7, 11) is 0. The van der Waals surface area contributed by atoms with Gasteiger partial charge in [-0.2, -0.15) is 11.0 Å². The second-order valence-corrected chi connectivity index (χ2v) is 22.5. The number of aromatic nitrogens is 2. The molecular formula is C69H70N6O4Zn. The zero-order valence-electron chi connectivity index (χ0n) is 48.1. The predicted molar refractivity (Wildman–Crippen MR) is 318 cm³/mol. The van der Waals surface area contributed by atoms with Gasteiger partial charge in [0.2, 0.25) is 0 Å². The minimum Gasteiger partial charge on any atom is -0.671 e. The molecule has 2 aliphatic heterocycles. The fourth-order valence-electron chi connectivity index (χ4n) is 12.9. The summed E-state index contributed by atoms with van der Waals surface area (Å²) in [6, 6.07) is 41.8. The van der Waals surface area contributed by atoms with Crippen LogP contribution < -0.4 is 9.97 Å². The summed E-state index contributed by atoms with van der Waals surface area (Å²) in [6.45, 7) is 30.6. The maximum absolute atomic E-state index is 13.9. The van der Waals surface area contributed by atoms with Crippen LogP contribution in [0.3, 0.4) is 0 Å². The molecule has 402 valence electrons. The largest absolute Gasteiger partial charge is 2.00 e. The van der Waals surface area contributed by atoms with Crippen LogP contribution in [0.1, 0.15) is 127 Å². The van der Waals surface area contributed by atoms with Crippen LogP contribution in [-0.4, -0.2) is 35.6 Å². The van der Waals surface area contributed by atoms with Crippen molar-refractivity contribution in [2.45, 2.75) is 114 Å². The quantitative estimate of drug-likeness (QED) is 0.0757. The maximum Gasteiger partial charge on any atom is 2.00 e. The number of hydrogen-bond acceptors (Lipinski definition) is 7. The van der Waals surface area contributed by atoms with Gasteiger partial charge < -0.3 is 19.4 Å². The topological polar surface area (TPSA) is 134 Å². The number of esters is 2. The van der Waals surface area contributed by atoms with Gasteiger partial charge in [0, 0.05) is 16.7 Å². The van der Waals surface area contributed by atoms with E-state index in [0.29, 0.717) is 103 Å². The Morgan fingerprint density at radius 3 is 1.46 bits per heavy atom. The molecule has 0 bridgehead atoms. The third kappa shape index (κ3) is 11.9. The number of nitriles is 1. The molecule has 10 nitrogen and oxygen atoms in total. The number of carbonyl (C=O) groups excluding carboxylic acids is 2. The Bertz CT molecular complexity index is 3540. The minimum absolute atomic E-state index is 0. The summed E-state index contributed by atoms with van der Waals surface area (Å²) in [5, 5.41) is 9.93. The van der Waals surface area contributed by atoms with Crippen molar-refractivity contribution < 1.29 is 38.5 Å². The number of aryl methyl sites for hydroxylation is 2. The van der Waals surface area contributed by atoms with Gasteiger partial charge >= 0.3 is 31.4 Å². The second kappa shape index (κ2) is 25.2. The van der Waals surface area contributed by atoms with E-state index in [2.05, 4.69) is 52.5 Å². The predicted octanol–water partition coefficient (Wildman–Crippen LogP) is 15.8. The first-order chi connectivity index (χ1) is 38.0. The molecule has 2 fully saturated rings. The smallest absolute Gasteiger partial charge is 0.671 e. The Morgan fingerprint density at radius 1 is 0.600 bits per heavy atom. The first-order valence-corrected chi connectivity index (χ1v) is 27.8. The Kier molecular flexibility index (Phi) is 18.4. The van der Waals surface area contributed by atoms with E-state index in [9.17, 15) is 14.9 Å². The minimum atomic E-state index is -0.329. The molecule has 0 radical (unpaired) electrons. The zero-order valence-corrected chi connectivity index (χ0v) is 51.1. The number of aliphatic imine (C=N–C) groups is 2. The van der Waals surface area contributed by atoms with Crippen LogP contribution in [0.15, 0.2) is 154 Å². The van der Waals surface area contributed by atoms with Gasteiger partial charge in [-0.15, -0.1) is 17.1 Å². The molecule has 4 aromatic carbocycles. The Hall–Kier alpha value is -7.72. The molecule has 80 heavy (non-hydrogen) atoms. The molecule has 4 aliphatic rings. The molecule has 0 amide bonds. The normalized spacial score (nSPS) is 23.7. The van der Waals surface area contributed by atoms with Crippen LogP contribution in [0.4, 0.5) is 5.69 Å². The molecule has 2 aromatic heterocycles. The summed E-state index contributed by atoms with van der Waals surface area (Å²) < 4.78 is 12.5. The Morgan fingerprint density at radius 2 is 1.01 bits per heavy atom. The van der Waals surface area contributed by atoms with Gasteiger partial charge in [-0.3, -0.25) is 9.98 Å². The van der Waals surface area contributed by atoms with Gasteiger partial charge in [-0.25, -0.2) is 14.4 Å². The summed E-state index contributed by atoms with van der Waals surface area (Å²) in [4.78, 5) is 51.1. The van der Waals surface area contributed by atoms with Crippen LogP contribution in [-0.2, 0) is 38.5 Å². The number of hydrogen-bond donors (Lipinski definition) is 0. The summed E-state index contributed by atoms with van der Waals surface area (Å²) in [6.07, 6.45) is 5.86. The number of nitrogens with zero attached hydrogens (tertiary/aromatic N) is 6. The molecule has 2 saturated carbocycles. The van der Waals surface area contributed by atoms with Crippen molar-refractivity contribution in [3.63, 3.8) is 0 Å². The number of carbonyl (C=O) groups is 2. The molecule has 2 aliphatic carbocycles. The van der Waals surface area contributed by atoms with E-state index >= 15 is 0 Å². The van der Waals surface area contributed by atoms with Crippen molar-refractivity contribution >= 4 is 51.8 Å². The average Bonchev–Trinajstić information content (AvgIpc) is 4.29. The maximum atomic E-state index is 13.9. The molecule has 10 rings (SSSR count). The van der Waals surface area contributed by atoms with E-state index in [-0.39, 0.29) is 43.6 Å².